The average Bonchev–Trinajstić information content (AvgIpc) is 2.60. The summed E-state index contributed by atoms with van der Waals surface area (Å²) in [7, 11) is 4.25. The first-order chi connectivity index (χ1) is 8.56. The Morgan fingerprint density at radius 3 is 2.67 bits per heavy atom. The smallest absolute Gasteiger partial charge is 0.128 e. The molecule has 2 aromatic rings. The van der Waals surface area contributed by atoms with Gasteiger partial charge in [0.05, 0.1) is 5.52 Å². The Morgan fingerprint density at radius 1 is 1.28 bits per heavy atom. The second-order valence-electron chi connectivity index (χ2n) is 5.63. The van der Waals surface area contributed by atoms with Gasteiger partial charge in [0.25, 0.3) is 0 Å². The van der Waals surface area contributed by atoms with Gasteiger partial charge in [-0.3, -0.25) is 0 Å². The van der Waals surface area contributed by atoms with E-state index in [1.807, 2.05) is 13.0 Å². The van der Waals surface area contributed by atoms with Crippen LogP contribution in [0.2, 0.25) is 0 Å². The van der Waals surface area contributed by atoms with E-state index in [1.54, 1.807) is 6.07 Å². The van der Waals surface area contributed by atoms with E-state index in [1.165, 1.54) is 0 Å². The highest BCUT2D eigenvalue weighted by Crippen LogP contribution is 2.37. The van der Waals surface area contributed by atoms with E-state index >= 15 is 0 Å². The first-order valence-electron chi connectivity index (χ1n) is 6.49. The molecule has 18 heavy (non-hydrogen) atoms. The molecule has 1 aromatic carbocycles. The standard InChI is InChI=1S/C15H19FN2/c1-10-6-11-4-5-18(15(11)9-14(10)16)13-7-12(8-13)17(2)3/h4-6,9,12-13H,7-8H2,1-3H3. The van der Waals surface area contributed by atoms with Crippen molar-refractivity contribution in [2.45, 2.75) is 31.8 Å². The number of fused-ring (bicyclic) bond motifs is 1. The second-order valence-corrected chi connectivity index (χ2v) is 5.63. The van der Waals surface area contributed by atoms with Crippen LogP contribution in [0.3, 0.4) is 0 Å². The number of hydrogen-bond donors (Lipinski definition) is 0. The summed E-state index contributed by atoms with van der Waals surface area (Å²) < 4.78 is 15.9. The lowest BCUT2D eigenvalue weighted by molar-refractivity contribution is 0.132. The number of aromatic nitrogens is 1. The Bertz CT molecular complexity index is 579. The van der Waals surface area contributed by atoms with Gasteiger partial charge in [-0.2, -0.15) is 0 Å². The van der Waals surface area contributed by atoms with E-state index in [4.69, 9.17) is 0 Å². The summed E-state index contributed by atoms with van der Waals surface area (Å²) in [4.78, 5) is 2.27. The number of benzene rings is 1. The van der Waals surface area contributed by atoms with Gasteiger partial charge in [0.2, 0.25) is 0 Å². The monoisotopic (exact) mass is 246 g/mol. The van der Waals surface area contributed by atoms with Crippen molar-refractivity contribution in [1.29, 1.82) is 0 Å². The Labute approximate surface area is 107 Å². The topological polar surface area (TPSA) is 8.17 Å². The van der Waals surface area contributed by atoms with Crippen molar-refractivity contribution in [3.63, 3.8) is 0 Å². The molecule has 0 unspecified atom stereocenters. The third kappa shape index (κ3) is 1.74. The quantitative estimate of drug-likeness (QED) is 0.789. The van der Waals surface area contributed by atoms with E-state index in [2.05, 4.69) is 35.8 Å². The second kappa shape index (κ2) is 4.09. The van der Waals surface area contributed by atoms with Gasteiger partial charge >= 0.3 is 0 Å². The largest absolute Gasteiger partial charge is 0.344 e. The minimum absolute atomic E-state index is 0.106. The fourth-order valence-electron chi connectivity index (χ4n) is 2.82. The summed E-state index contributed by atoms with van der Waals surface area (Å²) in [6.45, 7) is 1.82. The van der Waals surface area contributed by atoms with Gasteiger partial charge in [-0.15, -0.1) is 0 Å². The number of aryl methyl sites for hydroxylation is 1. The number of rotatable bonds is 2. The zero-order valence-electron chi connectivity index (χ0n) is 11.2. The predicted octanol–water partition coefficient (Wildman–Crippen LogP) is 3.35. The summed E-state index contributed by atoms with van der Waals surface area (Å²) in [5, 5.41) is 1.14. The van der Waals surface area contributed by atoms with Crippen LogP contribution in [0.5, 0.6) is 0 Å². The van der Waals surface area contributed by atoms with E-state index in [-0.39, 0.29) is 5.82 Å². The van der Waals surface area contributed by atoms with Crippen LogP contribution < -0.4 is 0 Å². The molecule has 3 heteroatoms. The van der Waals surface area contributed by atoms with Crippen LogP contribution in [0.25, 0.3) is 10.9 Å². The maximum Gasteiger partial charge on any atom is 0.128 e. The predicted molar refractivity (Wildman–Crippen MR) is 72.4 cm³/mol. The highest BCUT2D eigenvalue weighted by atomic mass is 19.1. The lowest BCUT2D eigenvalue weighted by Gasteiger charge is -2.40. The molecule has 0 amide bonds. The minimum Gasteiger partial charge on any atom is -0.344 e. The summed E-state index contributed by atoms with van der Waals surface area (Å²) in [5.41, 5.74) is 1.75. The van der Waals surface area contributed by atoms with Crippen LogP contribution in [-0.4, -0.2) is 29.6 Å². The number of hydrogen-bond acceptors (Lipinski definition) is 1. The van der Waals surface area contributed by atoms with Crippen LogP contribution >= 0.6 is 0 Å². The number of halogens is 1. The van der Waals surface area contributed by atoms with Gasteiger partial charge in [-0.25, -0.2) is 4.39 Å². The number of nitrogens with zero attached hydrogens (tertiary/aromatic N) is 2. The zero-order chi connectivity index (χ0) is 12.9. The molecule has 3 rings (SSSR count). The normalized spacial score (nSPS) is 23.6. The molecule has 2 nitrogen and oxygen atoms in total. The first-order valence-corrected chi connectivity index (χ1v) is 6.49. The Hall–Kier alpha value is -1.35. The highest BCUT2D eigenvalue weighted by Gasteiger charge is 2.32. The maximum atomic E-state index is 13.7. The molecule has 0 atom stereocenters. The fraction of sp³-hybridized carbons (Fsp3) is 0.467. The molecular weight excluding hydrogens is 227 g/mol. The minimum atomic E-state index is -0.106. The Morgan fingerprint density at radius 2 is 2.00 bits per heavy atom. The van der Waals surface area contributed by atoms with Gasteiger partial charge in [0.15, 0.2) is 0 Å². The van der Waals surface area contributed by atoms with Crippen LogP contribution in [-0.2, 0) is 0 Å². The van der Waals surface area contributed by atoms with E-state index in [9.17, 15) is 4.39 Å². The van der Waals surface area contributed by atoms with Crippen molar-refractivity contribution < 1.29 is 4.39 Å². The highest BCUT2D eigenvalue weighted by molar-refractivity contribution is 5.81. The SMILES string of the molecule is Cc1cc2ccn(C3CC(N(C)C)C3)c2cc1F. The molecule has 1 fully saturated rings. The average molecular weight is 246 g/mol. The maximum absolute atomic E-state index is 13.7. The molecule has 1 heterocycles. The van der Waals surface area contributed by atoms with Crippen molar-refractivity contribution in [2.24, 2.45) is 0 Å². The van der Waals surface area contributed by atoms with Gasteiger partial charge in [0, 0.05) is 23.7 Å². The summed E-state index contributed by atoms with van der Waals surface area (Å²) in [5.74, 6) is -0.106. The molecule has 0 aliphatic heterocycles. The van der Waals surface area contributed by atoms with Crippen molar-refractivity contribution in [3.8, 4) is 0 Å². The molecule has 0 N–H and O–H groups in total. The van der Waals surface area contributed by atoms with E-state index in [0.29, 0.717) is 12.1 Å². The summed E-state index contributed by atoms with van der Waals surface area (Å²) in [6.07, 6.45) is 4.42. The van der Waals surface area contributed by atoms with Crippen LogP contribution in [0.15, 0.2) is 24.4 Å². The third-order valence-corrected chi connectivity index (χ3v) is 4.21. The molecule has 1 aliphatic carbocycles. The zero-order valence-corrected chi connectivity index (χ0v) is 11.2. The van der Waals surface area contributed by atoms with Crippen molar-refractivity contribution in [3.05, 3.63) is 35.8 Å². The Kier molecular flexibility index (Phi) is 2.67. The van der Waals surface area contributed by atoms with E-state index in [0.717, 1.165) is 29.3 Å². The van der Waals surface area contributed by atoms with Gasteiger partial charge < -0.3 is 9.47 Å². The molecule has 1 saturated carbocycles. The van der Waals surface area contributed by atoms with E-state index < -0.39 is 0 Å². The molecule has 96 valence electrons. The first kappa shape index (κ1) is 11.7. The summed E-state index contributed by atoms with van der Waals surface area (Å²) in [6, 6.07) is 6.89. The molecule has 0 radical (unpaired) electrons. The lowest BCUT2D eigenvalue weighted by Crippen LogP contribution is -2.41. The molecule has 0 bridgehead atoms. The van der Waals surface area contributed by atoms with Crippen molar-refractivity contribution in [1.82, 2.24) is 9.47 Å². The fourth-order valence-corrected chi connectivity index (χ4v) is 2.82. The molecule has 0 spiro atoms. The van der Waals surface area contributed by atoms with Crippen LogP contribution in [0.1, 0.15) is 24.4 Å². The molecular formula is C15H19FN2. The van der Waals surface area contributed by atoms with Crippen molar-refractivity contribution >= 4 is 10.9 Å². The van der Waals surface area contributed by atoms with Crippen LogP contribution in [0, 0.1) is 12.7 Å². The third-order valence-electron chi connectivity index (χ3n) is 4.21. The van der Waals surface area contributed by atoms with Crippen LogP contribution in [0.4, 0.5) is 4.39 Å². The summed E-state index contributed by atoms with van der Waals surface area (Å²) >= 11 is 0. The van der Waals surface area contributed by atoms with Gasteiger partial charge in [0.1, 0.15) is 5.82 Å². The lowest BCUT2D eigenvalue weighted by atomic mass is 9.85. The Balaban J connectivity index is 1.92. The molecule has 1 aromatic heterocycles. The molecule has 1 aliphatic rings. The van der Waals surface area contributed by atoms with Gasteiger partial charge in [-0.1, -0.05) is 0 Å². The van der Waals surface area contributed by atoms with Crippen molar-refractivity contribution in [2.75, 3.05) is 14.1 Å². The van der Waals surface area contributed by atoms with Gasteiger partial charge in [-0.05, 0) is 57.6 Å². The molecule has 0 saturated heterocycles.